The summed E-state index contributed by atoms with van der Waals surface area (Å²) in [6.45, 7) is 0. The maximum Gasteiger partial charge on any atom is 0.0838 e. The Bertz CT molecular complexity index is 740. The summed E-state index contributed by atoms with van der Waals surface area (Å²) in [6.07, 6.45) is 4.82. The predicted octanol–water partition coefficient (Wildman–Crippen LogP) is 3.56. The second-order valence-electron chi connectivity index (χ2n) is 4.60. The molecule has 100 valence electrons. The van der Waals surface area contributed by atoms with E-state index in [0.29, 0.717) is 11.4 Å². The van der Waals surface area contributed by atoms with E-state index in [9.17, 15) is 5.11 Å². The first kappa shape index (κ1) is 13.0. The molecule has 3 aromatic rings. The number of benzene rings is 1. The van der Waals surface area contributed by atoms with E-state index < -0.39 is 6.10 Å². The van der Waals surface area contributed by atoms with Crippen LogP contribution in [0.25, 0.3) is 10.9 Å². The second kappa shape index (κ2) is 5.57. The Labute approximate surface area is 121 Å². The third-order valence-corrected chi connectivity index (χ3v) is 3.65. The minimum Gasteiger partial charge on any atom is -0.388 e. The Morgan fingerprint density at radius 1 is 1.10 bits per heavy atom. The van der Waals surface area contributed by atoms with Crippen molar-refractivity contribution in [2.24, 2.45) is 0 Å². The average molecular weight is 285 g/mol. The van der Waals surface area contributed by atoms with Crippen LogP contribution in [0.3, 0.4) is 0 Å². The molecular formula is C16H13ClN2O. The molecule has 4 heteroatoms. The molecule has 3 nitrogen and oxygen atoms in total. The van der Waals surface area contributed by atoms with Crippen molar-refractivity contribution in [1.29, 1.82) is 0 Å². The van der Waals surface area contributed by atoms with Gasteiger partial charge in [-0.05, 0) is 29.3 Å². The fraction of sp³-hybridized carbons (Fsp3) is 0.125. The molecule has 0 aliphatic heterocycles. The van der Waals surface area contributed by atoms with Gasteiger partial charge < -0.3 is 5.11 Å². The van der Waals surface area contributed by atoms with E-state index in [0.717, 1.165) is 22.0 Å². The van der Waals surface area contributed by atoms with Gasteiger partial charge in [-0.15, -0.1) is 0 Å². The number of pyridine rings is 2. The molecule has 0 aliphatic carbocycles. The Hall–Kier alpha value is -1.97. The van der Waals surface area contributed by atoms with Crippen LogP contribution in [-0.2, 0) is 6.42 Å². The third-order valence-electron chi connectivity index (χ3n) is 3.31. The summed E-state index contributed by atoms with van der Waals surface area (Å²) in [6, 6.07) is 11.5. The van der Waals surface area contributed by atoms with Crippen molar-refractivity contribution in [3.05, 3.63) is 71.1 Å². The van der Waals surface area contributed by atoms with E-state index in [-0.39, 0.29) is 0 Å². The number of para-hydroxylation sites is 1. The molecule has 0 fully saturated rings. The van der Waals surface area contributed by atoms with Gasteiger partial charge in [-0.1, -0.05) is 29.8 Å². The van der Waals surface area contributed by atoms with Gasteiger partial charge in [0.15, 0.2) is 0 Å². The molecule has 0 amide bonds. The van der Waals surface area contributed by atoms with Gasteiger partial charge in [-0.25, -0.2) is 0 Å². The number of nitrogens with zero attached hydrogens (tertiary/aromatic N) is 2. The monoisotopic (exact) mass is 284 g/mol. The number of aliphatic hydroxyl groups is 1. The zero-order valence-corrected chi connectivity index (χ0v) is 11.5. The summed E-state index contributed by atoms with van der Waals surface area (Å²) >= 11 is 6.09. The first-order valence-corrected chi connectivity index (χ1v) is 6.73. The molecule has 2 heterocycles. The fourth-order valence-corrected chi connectivity index (χ4v) is 2.49. The fourth-order valence-electron chi connectivity index (χ4n) is 2.30. The topological polar surface area (TPSA) is 46.0 Å². The molecule has 0 saturated carbocycles. The van der Waals surface area contributed by atoms with Gasteiger partial charge in [-0.2, -0.15) is 0 Å². The summed E-state index contributed by atoms with van der Waals surface area (Å²) in [7, 11) is 0. The van der Waals surface area contributed by atoms with Gasteiger partial charge in [0.05, 0.1) is 16.6 Å². The Morgan fingerprint density at radius 3 is 2.80 bits per heavy atom. The van der Waals surface area contributed by atoms with Crippen LogP contribution in [0.2, 0.25) is 5.02 Å². The van der Waals surface area contributed by atoms with E-state index in [2.05, 4.69) is 9.97 Å². The zero-order chi connectivity index (χ0) is 13.9. The van der Waals surface area contributed by atoms with E-state index in [1.807, 2.05) is 36.4 Å². The highest BCUT2D eigenvalue weighted by Crippen LogP contribution is 2.27. The van der Waals surface area contributed by atoms with E-state index in [1.165, 1.54) is 0 Å². The number of aliphatic hydroxyl groups excluding tert-OH is 1. The first-order chi connectivity index (χ1) is 9.75. The lowest BCUT2D eigenvalue weighted by Crippen LogP contribution is -2.03. The number of hydrogen-bond acceptors (Lipinski definition) is 3. The van der Waals surface area contributed by atoms with Crippen molar-refractivity contribution in [2.75, 3.05) is 0 Å². The molecule has 1 unspecified atom stereocenters. The lowest BCUT2D eigenvalue weighted by atomic mass is 9.99. The van der Waals surface area contributed by atoms with Gasteiger partial charge >= 0.3 is 0 Å². The van der Waals surface area contributed by atoms with Gasteiger partial charge in [0.2, 0.25) is 0 Å². The van der Waals surface area contributed by atoms with Gasteiger partial charge in [-0.3, -0.25) is 9.97 Å². The van der Waals surface area contributed by atoms with Crippen LogP contribution in [0.1, 0.15) is 17.2 Å². The summed E-state index contributed by atoms with van der Waals surface area (Å²) < 4.78 is 0. The molecule has 3 rings (SSSR count). The van der Waals surface area contributed by atoms with E-state index >= 15 is 0 Å². The van der Waals surface area contributed by atoms with Crippen LogP contribution in [0.5, 0.6) is 0 Å². The molecule has 2 aromatic heterocycles. The van der Waals surface area contributed by atoms with Crippen LogP contribution in [0, 0.1) is 0 Å². The quantitative estimate of drug-likeness (QED) is 0.800. The average Bonchev–Trinajstić information content (AvgIpc) is 2.49. The number of fused-ring (bicyclic) bond motifs is 1. The number of rotatable bonds is 3. The van der Waals surface area contributed by atoms with Crippen molar-refractivity contribution in [3.63, 3.8) is 0 Å². The molecule has 1 aromatic carbocycles. The molecule has 1 N–H and O–H groups in total. The zero-order valence-electron chi connectivity index (χ0n) is 10.7. The van der Waals surface area contributed by atoms with Crippen molar-refractivity contribution in [3.8, 4) is 0 Å². The molecule has 20 heavy (non-hydrogen) atoms. The predicted molar refractivity (Wildman–Crippen MR) is 79.7 cm³/mol. The molecule has 0 aliphatic rings. The Kier molecular flexibility index (Phi) is 3.63. The molecule has 0 spiro atoms. The minimum absolute atomic E-state index is 0.454. The first-order valence-electron chi connectivity index (χ1n) is 6.36. The smallest absolute Gasteiger partial charge is 0.0838 e. The molecule has 0 bridgehead atoms. The molecular weight excluding hydrogens is 272 g/mol. The highest BCUT2D eigenvalue weighted by atomic mass is 35.5. The Morgan fingerprint density at radius 2 is 1.95 bits per heavy atom. The van der Waals surface area contributed by atoms with Gasteiger partial charge in [0.25, 0.3) is 0 Å². The summed E-state index contributed by atoms with van der Waals surface area (Å²) in [4.78, 5) is 8.25. The minimum atomic E-state index is -0.622. The maximum atomic E-state index is 10.5. The summed E-state index contributed by atoms with van der Waals surface area (Å²) in [5.74, 6) is 0. The maximum absolute atomic E-state index is 10.5. The number of halogens is 1. The normalized spacial score (nSPS) is 12.5. The van der Waals surface area contributed by atoms with Crippen LogP contribution >= 0.6 is 11.6 Å². The standard InChI is InChI=1S/C16H13ClN2O/c17-14-10-18-7-5-11(14)9-16(20)13-6-8-19-15-4-2-1-3-12(13)15/h1-8,10,16,20H,9H2. The SMILES string of the molecule is OC(Cc1ccncc1Cl)c1ccnc2ccccc12. The molecule has 0 radical (unpaired) electrons. The van der Waals surface area contributed by atoms with Crippen LogP contribution in [0.15, 0.2) is 55.0 Å². The van der Waals surface area contributed by atoms with Crippen molar-refractivity contribution >= 4 is 22.5 Å². The number of aromatic nitrogens is 2. The van der Waals surface area contributed by atoms with Crippen molar-refractivity contribution < 1.29 is 5.11 Å². The lowest BCUT2D eigenvalue weighted by Gasteiger charge is -2.14. The van der Waals surface area contributed by atoms with E-state index in [1.54, 1.807) is 18.6 Å². The molecule has 1 atom stereocenters. The lowest BCUT2D eigenvalue weighted by molar-refractivity contribution is 0.180. The van der Waals surface area contributed by atoms with Crippen LogP contribution < -0.4 is 0 Å². The van der Waals surface area contributed by atoms with Gasteiger partial charge in [0.1, 0.15) is 0 Å². The van der Waals surface area contributed by atoms with Crippen molar-refractivity contribution in [1.82, 2.24) is 9.97 Å². The number of hydrogen-bond donors (Lipinski definition) is 1. The Balaban J connectivity index is 1.97. The largest absolute Gasteiger partial charge is 0.388 e. The van der Waals surface area contributed by atoms with Crippen LogP contribution in [-0.4, -0.2) is 15.1 Å². The van der Waals surface area contributed by atoms with Crippen LogP contribution in [0.4, 0.5) is 0 Å². The van der Waals surface area contributed by atoms with Gasteiger partial charge in [0, 0.05) is 30.4 Å². The molecule has 0 saturated heterocycles. The second-order valence-corrected chi connectivity index (χ2v) is 5.01. The van der Waals surface area contributed by atoms with E-state index in [4.69, 9.17) is 11.6 Å². The summed E-state index contributed by atoms with van der Waals surface area (Å²) in [5, 5.41) is 12.0. The highest BCUT2D eigenvalue weighted by Gasteiger charge is 2.13. The third kappa shape index (κ3) is 2.50. The van der Waals surface area contributed by atoms with Crippen molar-refractivity contribution in [2.45, 2.75) is 12.5 Å². The summed E-state index contributed by atoms with van der Waals surface area (Å²) in [5.41, 5.74) is 2.63. The highest BCUT2D eigenvalue weighted by molar-refractivity contribution is 6.31.